The molecule has 1 amide bonds. The number of ether oxygens (including phenoxy) is 2. The maximum absolute atomic E-state index is 12.5. The fraction of sp³-hybridized carbons (Fsp3) is 0.333. The van der Waals surface area contributed by atoms with Crippen LogP contribution in [-0.4, -0.2) is 25.1 Å². The molecule has 136 valence electrons. The lowest BCUT2D eigenvalue weighted by Crippen LogP contribution is -2.39. The van der Waals surface area contributed by atoms with E-state index in [-0.39, 0.29) is 11.9 Å². The zero-order valence-corrected chi connectivity index (χ0v) is 15.0. The summed E-state index contributed by atoms with van der Waals surface area (Å²) in [6.45, 7) is 1.59. The second-order valence-electron chi connectivity index (χ2n) is 6.43. The molecule has 2 aromatic carbocycles. The van der Waals surface area contributed by atoms with E-state index in [2.05, 4.69) is 11.4 Å². The van der Waals surface area contributed by atoms with Gasteiger partial charge in [0.2, 0.25) is 0 Å². The second kappa shape index (κ2) is 8.04. The molecule has 5 heteroatoms. The Morgan fingerprint density at radius 3 is 2.77 bits per heavy atom. The summed E-state index contributed by atoms with van der Waals surface area (Å²) in [6.07, 6.45) is 2.07. The van der Waals surface area contributed by atoms with E-state index in [0.717, 1.165) is 24.8 Å². The van der Waals surface area contributed by atoms with Crippen LogP contribution in [0.4, 0.5) is 0 Å². The Morgan fingerprint density at radius 1 is 1.15 bits per heavy atom. The lowest BCUT2D eigenvalue weighted by molar-refractivity contribution is -0.130. The number of hydrogen-bond donors (Lipinski definition) is 1. The van der Waals surface area contributed by atoms with Gasteiger partial charge < -0.3 is 14.8 Å². The van der Waals surface area contributed by atoms with Gasteiger partial charge in [-0.15, -0.1) is 0 Å². The molecular weight excluding hydrogens is 330 g/mol. The third-order valence-corrected chi connectivity index (χ3v) is 4.64. The molecule has 26 heavy (non-hydrogen) atoms. The van der Waals surface area contributed by atoms with Crippen molar-refractivity contribution in [2.24, 2.45) is 0 Å². The summed E-state index contributed by atoms with van der Waals surface area (Å²) < 4.78 is 10.4. The van der Waals surface area contributed by atoms with Crippen LogP contribution in [0.2, 0.25) is 0 Å². The van der Waals surface area contributed by atoms with Gasteiger partial charge in [0.25, 0.3) is 5.91 Å². The fourth-order valence-electron chi connectivity index (χ4n) is 3.23. The predicted octanol–water partition coefficient (Wildman–Crippen LogP) is 3.43. The lowest BCUT2D eigenvalue weighted by Gasteiger charge is -2.27. The molecular formula is C21H23NO4. The maximum atomic E-state index is 12.5. The van der Waals surface area contributed by atoms with E-state index in [1.807, 2.05) is 18.2 Å². The van der Waals surface area contributed by atoms with E-state index in [4.69, 9.17) is 9.47 Å². The predicted molar refractivity (Wildman–Crippen MR) is 98.1 cm³/mol. The molecule has 0 fully saturated rings. The first kappa shape index (κ1) is 18.0. The van der Waals surface area contributed by atoms with Gasteiger partial charge in [0, 0.05) is 0 Å². The molecule has 2 atom stereocenters. The number of carbonyl (C=O) groups excluding carboxylic acids is 2. The third-order valence-electron chi connectivity index (χ3n) is 4.64. The number of esters is 1. The Kier molecular flexibility index (Phi) is 5.56. The summed E-state index contributed by atoms with van der Waals surface area (Å²) >= 11 is 0. The van der Waals surface area contributed by atoms with Crippen LogP contribution in [0.15, 0.2) is 48.5 Å². The van der Waals surface area contributed by atoms with Gasteiger partial charge in [-0.05, 0) is 55.5 Å². The second-order valence-corrected chi connectivity index (χ2v) is 6.43. The van der Waals surface area contributed by atoms with E-state index in [0.29, 0.717) is 11.3 Å². The molecule has 1 aliphatic carbocycles. The highest BCUT2D eigenvalue weighted by molar-refractivity contribution is 5.92. The minimum Gasteiger partial charge on any atom is -0.497 e. The first-order chi connectivity index (χ1) is 12.6. The monoisotopic (exact) mass is 353 g/mol. The molecule has 0 heterocycles. The quantitative estimate of drug-likeness (QED) is 0.837. The van der Waals surface area contributed by atoms with Crippen LogP contribution in [0.1, 0.15) is 47.3 Å². The van der Waals surface area contributed by atoms with Gasteiger partial charge in [0.15, 0.2) is 6.10 Å². The zero-order valence-electron chi connectivity index (χ0n) is 15.0. The van der Waals surface area contributed by atoms with Gasteiger partial charge in [0.05, 0.1) is 18.7 Å². The number of hydrogen-bond acceptors (Lipinski definition) is 4. The summed E-state index contributed by atoms with van der Waals surface area (Å²) in [5.74, 6) is -0.270. The van der Waals surface area contributed by atoms with Gasteiger partial charge in [-0.25, -0.2) is 4.79 Å². The number of amides is 1. The number of benzene rings is 2. The van der Waals surface area contributed by atoms with E-state index in [1.165, 1.54) is 12.7 Å². The third kappa shape index (κ3) is 4.04. The molecule has 1 aliphatic rings. The van der Waals surface area contributed by atoms with E-state index < -0.39 is 12.1 Å². The number of rotatable bonds is 5. The molecule has 0 bridgehead atoms. The Labute approximate surface area is 153 Å². The molecule has 3 rings (SSSR count). The Bertz CT molecular complexity index is 802. The standard InChI is InChI=1S/C21H23NO4/c1-14(26-21(24)16-9-5-10-17(13-16)25-2)20(23)22-19-12-6-8-15-7-3-4-11-18(15)19/h3-5,7,9-11,13-14,19H,6,8,12H2,1-2H3,(H,22,23)/t14-,19-/m1/s1. The van der Waals surface area contributed by atoms with Crippen molar-refractivity contribution in [1.29, 1.82) is 0 Å². The molecule has 0 radical (unpaired) electrons. The van der Waals surface area contributed by atoms with Gasteiger partial charge in [-0.1, -0.05) is 30.3 Å². The van der Waals surface area contributed by atoms with Crippen LogP contribution in [0.25, 0.3) is 0 Å². The SMILES string of the molecule is COc1cccc(C(=O)O[C@H](C)C(=O)N[C@@H]2CCCc3ccccc32)c1. The average Bonchev–Trinajstić information content (AvgIpc) is 2.68. The normalized spacial score (nSPS) is 16.9. The van der Waals surface area contributed by atoms with Crippen LogP contribution in [0.5, 0.6) is 5.75 Å². The summed E-state index contributed by atoms with van der Waals surface area (Å²) in [5, 5.41) is 3.01. The van der Waals surface area contributed by atoms with Crippen molar-refractivity contribution in [2.75, 3.05) is 7.11 Å². The fourth-order valence-corrected chi connectivity index (χ4v) is 3.23. The first-order valence-corrected chi connectivity index (χ1v) is 8.81. The minimum atomic E-state index is -0.872. The molecule has 0 aromatic heterocycles. The van der Waals surface area contributed by atoms with Crippen molar-refractivity contribution in [3.63, 3.8) is 0 Å². The molecule has 5 nitrogen and oxygen atoms in total. The van der Waals surface area contributed by atoms with Crippen molar-refractivity contribution >= 4 is 11.9 Å². The molecule has 0 saturated carbocycles. The number of aryl methyl sites for hydroxylation is 1. The largest absolute Gasteiger partial charge is 0.497 e. The molecule has 2 aromatic rings. The Balaban J connectivity index is 1.62. The maximum Gasteiger partial charge on any atom is 0.339 e. The average molecular weight is 353 g/mol. The van der Waals surface area contributed by atoms with Crippen molar-refractivity contribution in [2.45, 2.75) is 38.3 Å². The molecule has 1 N–H and O–H groups in total. The first-order valence-electron chi connectivity index (χ1n) is 8.81. The summed E-state index contributed by atoms with van der Waals surface area (Å²) in [6, 6.07) is 14.8. The Hall–Kier alpha value is -2.82. The summed E-state index contributed by atoms with van der Waals surface area (Å²) in [5.41, 5.74) is 2.77. The topological polar surface area (TPSA) is 64.6 Å². The van der Waals surface area contributed by atoms with E-state index in [1.54, 1.807) is 31.2 Å². The number of fused-ring (bicyclic) bond motifs is 1. The minimum absolute atomic E-state index is 0.0366. The highest BCUT2D eigenvalue weighted by Crippen LogP contribution is 2.29. The highest BCUT2D eigenvalue weighted by Gasteiger charge is 2.25. The summed E-state index contributed by atoms with van der Waals surface area (Å²) in [4.78, 5) is 24.8. The number of carbonyl (C=O) groups is 2. The van der Waals surface area contributed by atoms with Crippen molar-refractivity contribution in [3.05, 3.63) is 65.2 Å². The molecule has 0 spiro atoms. The smallest absolute Gasteiger partial charge is 0.339 e. The molecule has 0 saturated heterocycles. The van der Waals surface area contributed by atoms with Gasteiger partial charge in [-0.2, -0.15) is 0 Å². The van der Waals surface area contributed by atoms with E-state index in [9.17, 15) is 9.59 Å². The van der Waals surface area contributed by atoms with Gasteiger partial charge in [-0.3, -0.25) is 4.79 Å². The van der Waals surface area contributed by atoms with Crippen LogP contribution < -0.4 is 10.1 Å². The van der Waals surface area contributed by atoms with Crippen LogP contribution >= 0.6 is 0 Å². The number of nitrogens with one attached hydrogen (secondary N) is 1. The van der Waals surface area contributed by atoms with E-state index >= 15 is 0 Å². The zero-order chi connectivity index (χ0) is 18.5. The molecule has 0 aliphatic heterocycles. The highest BCUT2D eigenvalue weighted by atomic mass is 16.5. The lowest BCUT2D eigenvalue weighted by atomic mass is 9.87. The van der Waals surface area contributed by atoms with Crippen molar-refractivity contribution in [1.82, 2.24) is 5.32 Å². The van der Waals surface area contributed by atoms with Crippen LogP contribution in [0, 0.1) is 0 Å². The number of methoxy groups -OCH3 is 1. The van der Waals surface area contributed by atoms with Crippen LogP contribution in [0.3, 0.4) is 0 Å². The van der Waals surface area contributed by atoms with Gasteiger partial charge >= 0.3 is 5.97 Å². The van der Waals surface area contributed by atoms with Gasteiger partial charge in [0.1, 0.15) is 5.75 Å². The Morgan fingerprint density at radius 2 is 1.96 bits per heavy atom. The summed E-state index contributed by atoms with van der Waals surface area (Å²) in [7, 11) is 1.53. The van der Waals surface area contributed by atoms with Crippen molar-refractivity contribution in [3.8, 4) is 5.75 Å². The van der Waals surface area contributed by atoms with Crippen LogP contribution in [-0.2, 0) is 16.0 Å². The molecule has 0 unspecified atom stereocenters. The van der Waals surface area contributed by atoms with Crippen molar-refractivity contribution < 1.29 is 19.1 Å².